The number of carbonyl (C=O) groups is 2. The fourth-order valence-electron chi connectivity index (χ4n) is 3.28. The van der Waals surface area contributed by atoms with Gasteiger partial charge in [-0.25, -0.2) is 13.2 Å². The molecule has 172 valence electrons. The summed E-state index contributed by atoms with van der Waals surface area (Å²) in [6.45, 7) is 0.308. The largest absolute Gasteiger partial charge is 0.495 e. The highest BCUT2D eigenvalue weighted by atomic mass is 35.5. The zero-order valence-corrected chi connectivity index (χ0v) is 19.0. The van der Waals surface area contributed by atoms with Gasteiger partial charge in [-0.15, -0.1) is 0 Å². The molecule has 2 aromatic rings. The van der Waals surface area contributed by atoms with Gasteiger partial charge in [-0.05, 0) is 49.2 Å². The third kappa shape index (κ3) is 5.50. The molecule has 11 heteroatoms. The van der Waals surface area contributed by atoms with Crippen LogP contribution in [-0.4, -0.2) is 51.4 Å². The van der Waals surface area contributed by atoms with Crippen molar-refractivity contribution in [3.63, 3.8) is 0 Å². The summed E-state index contributed by atoms with van der Waals surface area (Å²) in [5.74, 6) is -1.20. The van der Waals surface area contributed by atoms with Crippen molar-refractivity contribution in [2.75, 3.05) is 37.9 Å². The van der Waals surface area contributed by atoms with Crippen molar-refractivity contribution in [1.29, 1.82) is 0 Å². The van der Waals surface area contributed by atoms with Crippen molar-refractivity contribution < 1.29 is 27.5 Å². The number of benzene rings is 2. The summed E-state index contributed by atoms with van der Waals surface area (Å²) in [6, 6.07) is 8.55. The molecule has 3 rings (SSSR count). The number of amides is 1. The first-order valence-corrected chi connectivity index (χ1v) is 11.7. The smallest absolute Gasteiger partial charge is 0.338 e. The van der Waals surface area contributed by atoms with Gasteiger partial charge in [0.05, 0.1) is 23.4 Å². The number of halogens is 1. The summed E-state index contributed by atoms with van der Waals surface area (Å²) < 4.78 is 37.8. The van der Waals surface area contributed by atoms with Crippen LogP contribution >= 0.6 is 11.6 Å². The van der Waals surface area contributed by atoms with Crippen LogP contribution in [0.2, 0.25) is 5.02 Å². The minimum atomic E-state index is -3.78. The highest BCUT2D eigenvalue weighted by molar-refractivity contribution is 7.89. The van der Waals surface area contributed by atoms with E-state index in [-0.39, 0.29) is 27.6 Å². The number of piperidine rings is 1. The molecule has 1 aliphatic heterocycles. The zero-order chi connectivity index (χ0) is 23.3. The standard InChI is InChI=1S/C21H24ClN3O6S/c1-30-18-8-6-15(12-19(18)32(28,29)25-9-3-2-4-10-25)24-20(26)13-31-21(27)14-5-7-16(22)17(23)11-14/h5-8,11-12H,2-4,9-10,13,23H2,1H3,(H,24,26). The monoisotopic (exact) mass is 481 g/mol. The predicted molar refractivity (Wildman–Crippen MR) is 120 cm³/mol. The van der Waals surface area contributed by atoms with Crippen LogP contribution in [0.1, 0.15) is 29.6 Å². The first-order chi connectivity index (χ1) is 15.2. The van der Waals surface area contributed by atoms with Crippen LogP contribution in [0.5, 0.6) is 5.75 Å². The number of sulfonamides is 1. The number of hydrogen-bond acceptors (Lipinski definition) is 7. The maximum atomic E-state index is 13.1. The molecule has 2 aromatic carbocycles. The Bertz CT molecular complexity index is 1120. The van der Waals surface area contributed by atoms with E-state index in [9.17, 15) is 18.0 Å². The average molecular weight is 482 g/mol. The Hall–Kier alpha value is -2.82. The Kier molecular flexibility index (Phi) is 7.60. The number of nitrogen functional groups attached to an aromatic ring is 1. The van der Waals surface area contributed by atoms with Crippen molar-refractivity contribution >= 4 is 44.9 Å². The van der Waals surface area contributed by atoms with Gasteiger partial charge in [-0.1, -0.05) is 18.0 Å². The molecule has 1 amide bonds. The lowest BCUT2D eigenvalue weighted by molar-refractivity contribution is -0.119. The second kappa shape index (κ2) is 10.2. The number of rotatable bonds is 7. The van der Waals surface area contributed by atoms with Crippen molar-refractivity contribution in [2.45, 2.75) is 24.2 Å². The fourth-order valence-corrected chi connectivity index (χ4v) is 5.10. The van der Waals surface area contributed by atoms with Crippen molar-refractivity contribution in [3.8, 4) is 5.75 Å². The normalized spacial score (nSPS) is 14.6. The van der Waals surface area contributed by atoms with Crippen LogP contribution < -0.4 is 15.8 Å². The van der Waals surface area contributed by atoms with E-state index >= 15 is 0 Å². The summed E-state index contributed by atoms with van der Waals surface area (Å²) in [5.41, 5.74) is 6.26. The van der Waals surface area contributed by atoms with E-state index in [2.05, 4.69) is 5.32 Å². The number of nitrogens with zero attached hydrogens (tertiary/aromatic N) is 1. The van der Waals surface area contributed by atoms with Gasteiger partial charge < -0.3 is 20.5 Å². The summed E-state index contributed by atoms with van der Waals surface area (Å²) in [5, 5.41) is 2.84. The number of ether oxygens (including phenoxy) is 2. The second-order valence-electron chi connectivity index (χ2n) is 7.19. The Morgan fingerprint density at radius 3 is 2.50 bits per heavy atom. The topological polar surface area (TPSA) is 128 Å². The zero-order valence-electron chi connectivity index (χ0n) is 17.5. The number of esters is 1. The molecule has 9 nitrogen and oxygen atoms in total. The van der Waals surface area contributed by atoms with Crippen LogP contribution in [0.4, 0.5) is 11.4 Å². The second-order valence-corrected chi connectivity index (χ2v) is 9.50. The van der Waals surface area contributed by atoms with Gasteiger partial charge in [0.25, 0.3) is 5.91 Å². The van der Waals surface area contributed by atoms with Crippen molar-refractivity contribution in [3.05, 3.63) is 47.0 Å². The molecule has 0 spiro atoms. The molecule has 0 atom stereocenters. The molecular formula is C21H24ClN3O6S. The number of carbonyl (C=O) groups excluding carboxylic acids is 2. The number of hydrogen-bond donors (Lipinski definition) is 2. The minimum Gasteiger partial charge on any atom is -0.495 e. The number of methoxy groups -OCH3 is 1. The third-order valence-electron chi connectivity index (χ3n) is 4.95. The minimum absolute atomic E-state index is 0.0339. The van der Waals surface area contributed by atoms with Gasteiger partial charge in [0.2, 0.25) is 10.0 Å². The van der Waals surface area contributed by atoms with Crippen LogP contribution in [0.25, 0.3) is 0 Å². The van der Waals surface area contributed by atoms with E-state index in [1.165, 1.54) is 47.8 Å². The SMILES string of the molecule is COc1ccc(NC(=O)COC(=O)c2ccc(Cl)c(N)c2)cc1S(=O)(=O)N1CCCCC1. The van der Waals surface area contributed by atoms with Crippen LogP contribution in [0.3, 0.4) is 0 Å². The van der Waals surface area contributed by atoms with Crippen molar-refractivity contribution in [1.82, 2.24) is 4.31 Å². The highest BCUT2D eigenvalue weighted by Gasteiger charge is 2.29. The Labute approximate surface area is 191 Å². The lowest BCUT2D eigenvalue weighted by Crippen LogP contribution is -2.35. The van der Waals surface area contributed by atoms with Gasteiger partial charge >= 0.3 is 5.97 Å². The third-order valence-corrected chi connectivity index (χ3v) is 7.21. The summed E-state index contributed by atoms with van der Waals surface area (Å²) in [7, 11) is -2.40. The Morgan fingerprint density at radius 1 is 1.12 bits per heavy atom. The van der Waals surface area contributed by atoms with Gasteiger partial charge in [-0.3, -0.25) is 4.79 Å². The van der Waals surface area contributed by atoms with Crippen LogP contribution in [0.15, 0.2) is 41.3 Å². The number of nitrogens with two attached hydrogens (primary N) is 1. The van der Waals surface area contributed by atoms with Crippen LogP contribution in [0, 0.1) is 0 Å². The van der Waals surface area contributed by atoms with E-state index in [4.69, 9.17) is 26.8 Å². The summed E-state index contributed by atoms with van der Waals surface area (Å²) in [4.78, 5) is 24.3. The first-order valence-electron chi connectivity index (χ1n) is 9.92. The number of nitrogens with one attached hydrogen (secondary N) is 1. The molecule has 0 unspecified atom stereocenters. The first kappa shape index (κ1) is 23.8. The molecule has 0 aliphatic carbocycles. The van der Waals surface area contributed by atoms with E-state index in [0.717, 1.165) is 19.3 Å². The lowest BCUT2D eigenvalue weighted by atomic mass is 10.2. The molecule has 0 radical (unpaired) electrons. The van der Waals surface area contributed by atoms with E-state index in [1.807, 2.05) is 0 Å². The molecule has 0 saturated carbocycles. The maximum absolute atomic E-state index is 13.1. The Balaban J connectivity index is 1.69. The molecule has 3 N–H and O–H groups in total. The molecule has 1 aliphatic rings. The summed E-state index contributed by atoms with van der Waals surface area (Å²) in [6.07, 6.45) is 2.58. The van der Waals surface area contributed by atoms with E-state index in [0.29, 0.717) is 18.1 Å². The molecule has 0 aromatic heterocycles. The maximum Gasteiger partial charge on any atom is 0.338 e. The fraction of sp³-hybridized carbons (Fsp3) is 0.333. The van der Waals surface area contributed by atoms with Crippen molar-refractivity contribution in [2.24, 2.45) is 0 Å². The molecule has 1 heterocycles. The van der Waals surface area contributed by atoms with E-state index in [1.54, 1.807) is 0 Å². The quantitative estimate of drug-likeness (QED) is 0.459. The molecule has 32 heavy (non-hydrogen) atoms. The van der Waals surface area contributed by atoms with Crippen LogP contribution in [-0.2, 0) is 19.6 Å². The summed E-state index contributed by atoms with van der Waals surface area (Å²) >= 11 is 5.82. The lowest BCUT2D eigenvalue weighted by Gasteiger charge is -2.26. The van der Waals surface area contributed by atoms with E-state index < -0.39 is 28.5 Å². The molecular weight excluding hydrogens is 458 g/mol. The van der Waals surface area contributed by atoms with Gasteiger partial charge in [0.1, 0.15) is 10.6 Å². The molecule has 1 saturated heterocycles. The van der Waals surface area contributed by atoms with Gasteiger partial charge in [0, 0.05) is 18.8 Å². The van der Waals surface area contributed by atoms with Gasteiger partial charge in [-0.2, -0.15) is 4.31 Å². The molecule has 0 bridgehead atoms. The average Bonchev–Trinajstić information content (AvgIpc) is 2.79. The number of anilines is 2. The molecule has 1 fully saturated rings. The van der Waals surface area contributed by atoms with Gasteiger partial charge in [0.15, 0.2) is 6.61 Å². The predicted octanol–water partition coefficient (Wildman–Crippen LogP) is 2.90. The Morgan fingerprint density at radius 2 is 1.84 bits per heavy atom. The highest BCUT2D eigenvalue weighted by Crippen LogP contribution is 2.31.